The van der Waals surface area contributed by atoms with Crippen molar-refractivity contribution in [2.75, 3.05) is 6.61 Å². The monoisotopic (exact) mass is 546 g/mol. The molecule has 0 spiro atoms. The van der Waals surface area contributed by atoms with Gasteiger partial charge < -0.3 is 9.47 Å². The molecule has 5 aromatic rings. The molecule has 193 valence electrons. The summed E-state index contributed by atoms with van der Waals surface area (Å²) in [5, 5.41) is 15.2. The Morgan fingerprint density at radius 2 is 1.64 bits per heavy atom. The number of para-hydroxylation sites is 1. The maximum atomic E-state index is 13.3. The van der Waals surface area contributed by atoms with Crippen molar-refractivity contribution >= 4 is 68.3 Å². The van der Waals surface area contributed by atoms with E-state index in [1.807, 2.05) is 72.8 Å². The van der Waals surface area contributed by atoms with Crippen LogP contribution in [-0.2, 0) is 11.2 Å². The van der Waals surface area contributed by atoms with Crippen LogP contribution in [0.25, 0.3) is 33.4 Å². The second-order valence-electron chi connectivity index (χ2n) is 8.93. The molecule has 9 heteroatoms. The number of hydrogen-bond acceptors (Lipinski definition) is 7. The molecule has 3 aromatic carbocycles. The fourth-order valence-electron chi connectivity index (χ4n) is 4.37. The van der Waals surface area contributed by atoms with Crippen molar-refractivity contribution in [2.24, 2.45) is 0 Å². The minimum Gasteiger partial charge on any atom is -0.462 e. The summed E-state index contributed by atoms with van der Waals surface area (Å²) in [5.74, 6) is 1.18. The van der Waals surface area contributed by atoms with Crippen LogP contribution in [0.3, 0.4) is 0 Å². The number of H-pyrrole nitrogens is 1. The number of tetrazole rings is 1. The normalized spacial score (nSPS) is 10.7. The van der Waals surface area contributed by atoms with Crippen molar-refractivity contribution in [1.82, 2.24) is 25.6 Å². The molecule has 0 aliphatic heterocycles. The molecule has 1 radical (unpaired) electrons. The van der Waals surface area contributed by atoms with Gasteiger partial charge in [-0.15, -0.1) is 10.2 Å². The van der Waals surface area contributed by atoms with E-state index in [1.54, 1.807) is 0 Å². The first-order valence-corrected chi connectivity index (χ1v) is 12.9. The molecular formula is C30H29KN5O3. The van der Waals surface area contributed by atoms with Crippen LogP contribution in [0.15, 0.2) is 72.8 Å². The molecule has 0 aliphatic rings. The van der Waals surface area contributed by atoms with Crippen LogP contribution >= 0.6 is 0 Å². The molecule has 2 aromatic heterocycles. The number of benzene rings is 3. The maximum absolute atomic E-state index is 13.3. The van der Waals surface area contributed by atoms with Crippen LogP contribution in [-0.4, -0.2) is 89.6 Å². The number of ether oxygens (including phenoxy) is 2. The molecule has 1 N–H and O–H groups in total. The predicted octanol–water partition coefficient (Wildman–Crippen LogP) is 6.40. The molecule has 2 heterocycles. The third kappa shape index (κ3) is 6.62. The van der Waals surface area contributed by atoms with Crippen molar-refractivity contribution in [1.29, 1.82) is 0 Å². The minimum atomic E-state index is -0.393. The van der Waals surface area contributed by atoms with Gasteiger partial charge in [-0.2, -0.15) is 5.21 Å². The fourth-order valence-corrected chi connectivity index (χ4v) is 4.37. The topological polar surface area (TPSA) is 103 Å². The summed E-state index contributed by atoms with van der Waals surface area (Å²) < 4.78 is 12.1. The summed E-state index contributed by atoms with van der Waals surface area (Å²) >= 11 is 0. The van der Waals surface area contributed by atoms with E-state index in [0.717, 1.165) is 52.5 Å². The Labute approximate surface area is 270 Å². The van der Waals surface area contributed by atoms with Gasteiger partial charge in [0.25, 0.3) is 0 Å². The van der Waals surface area contributed by atoms with Crippen LogP contribution < -0.4 is 4.74 Å². The van der Waals surface area contributed by atoms with Gasteiger partial charge in [0.2, 0.25) is 5.82 Å². The molecular weight excluding hydrogens is 517 g/mol. The van der Waals surface area contributed by atoms with E-state index in [4.69, 9.17) is 14.5 Å². The summed E-state index contributed by atoms with van der Waals surface area (Å²) in [6.45, 7) is 4.51. The Bertz CT molecular complexity index is 1540. The van der Waals surface area contributed by atoms with Gasteiger partial charge in [0.15, 0.2) is 5.75 Å². The largest absolute Gasteiger partial charge is 0.462 e. The molecule has 0 amide bonds. The standard InChI is InChI=1S/C30H29N5O3.K/c1-3-5-19-37-30(36)27-24-13-8-9-14-25(24)31-26(10-4-2)28(27)38-21-17-15-20(16-18-21)22-11-6-7-12-23(22)29-32-34-35-33-29;/h6-9,11-18H,3-5,10,19H2,1-2H3,(H,32,33,34,35);. The van der Waals surface area contributed by atoms with E-state index < -0.39 is 5.97 Å². The number of fused-ring (bicyclic) bond motifs is 1. The molecule has 0 atom stereocenters. The van der Waals surface area contributed by atoms with E-state index in [2.05, 4.69) is 34.5 Å². The Morgan fingerprint density at radius 1 is 0.897 bits per heavy atom. The van der Waals surface area contributed by atoms with E-state index in [0.29, 0.717) is 35.9 Å². The molecule has 0 unspecified atom stereocenters. The number of aromatic nitrogens is 5. The van der Waals surface area contributed by atoms with E-state index in [9.17, 15) is 4.79 Å². The maximum Gasteiger partial charge on any atom is 0.342 e. The SMILES string of the molecule is CCCCOC(=O)c1c(Oc2ccc(-c3ccccc3-c3nn[nH]n3)cc2)c(CCC)nc2ccccc12.[K]. The first-order chi connectivity index (χ1) is 18.7. The Hall–Kier alpha value is -2.95. The molecule has 0 saturated heterocycles. The average molecular weight is 547 g/mol. The smallest absolute Gasteiger partial charge is 0.342 e. The van der Waals surface area contributed by atoms with Gasteiger partial charge in [0.1, 0.15) is 11.3 Å². The number of aryl methyl sites for hydroxylation is 1. The van der Waals surface area contributed by atoms with Gasteiger partial charge in [-0.05, 0) is 47.4 Å². The molecule has 5 rings (SSSR count). The average Bonchev–Trinajstić information content (AvgIpc) is 3.49. The van der Waals surface area contributed by atoms with Crippen molar-refractivity contribution < 1.29 is 14.3 Å². The molecule has 0 fully saturated rings. The van der Waals surface area contributed by atoms with Crippen LogP contribution in [0, 0.1) is 0 Å². The number of carbonyl (C=O) groups is 1. The number of pyridine rings is 1. The zero-order valence-electron chi connectivity index (χ0n) is 22.5. The molecule has 0 bridgehead atoms. The first kappa shape index (κ1) is 29.0. The van der Waals surface area contributed by atoms with Crippen LogP contribution in [0.2, 0.25) is 0 Å². The summed E-state index contributed by atoms with van der Waals surface area (Å²) in [6.07, 6.45) is 3.28. The van der Waals surface area contributed by atoms with Crippen molar-refractivity contribution in [3.8, 4) is 34.0 Å². The van der Waals surface area contributed by atoms with E-state index in [-0.39, 0.29) is 51.4 Å². The second-order valence-corrected chi connectivity index (χ2v) is 8.93. The number of rotatable bonds is 10. The van der Waals surface area contributed by atoms with Gasteiger partial charge >= 0.3 is 5.97 Å². The number of aromatic amines is 1. The van der Waals surface area contributed by atoms with Gasteiger partial charge in [0, 0.05) is 62.3 Å². The fraction of sp³-hybridized carbons (Fsp3) is 0.233. The number of esters is 1. The van der Waals surface area contributed by atoms with Crippen molar-refractivity contribution in [2.45, 2.75) is 39.5 Å². The summed E-state index contributed by atoms with van der Waals surface area (Å²) in [5.41, 5.74) is 4.72. The van der Waals surface area contributed by atoms with E-state index in [1.165, 1.54) is 0 Å². The summed E-state index contributed by atoms with van der Waals surface area (Å²) in [4.78, 5) is 18.2. The zero-order valence-corrected chi connectivity index (χ0v) is 25.6. The quantitative estimate of drug-likeness (QED) is 0.123. The second kappa shape index (κ2) is 13.9. The number of nitrogens with zero attached hydrogens (tertiary/aromatic N) is 4. The number of carbonyl (C=O) groups excluding carboxylic acids is 1. The molecule has 39 heavy (non-hydrogen) atoms. The van der Waals surface area contributed by atoms with E-state index >= 15 is 0 Å². The zero-order chi connectivity index (χ0) is 26.3. The van der Waals surface area contributed by atoms with Gasteiger partial charge in [-0.25, -0.2) is 9.78 Å². The summed E-state index contributed by atoms with van der Waals surface area (Å²) in [6, 6.07) is 23.2. The van der Waals surface area contributed by atoms with Crippen molar-refractivity contribution in [3.05, 3.63) is 84.1 Å². The number of unbranched alkanes of at least 4 members (excludes halogenated alkanes) is 1. The molecule has 0 saturated carbocycles. The van der Waals surface area contributed by atoms with Gasteiger partial charge in [-0.1, -0.05) is 81.3 Å². The molecule has 8 nitrogen and oxygen atoms in total. The Balaban J connectivity index is 0.00000353. The van der Waals surface area contributed by atoms with Crippen LogP contribution in [0.4, 0.5) is 0 Å². The predicted molar refractivity (Wildman–Crippen MR) is 152 cm³/mol. The van der Waals surface area contributed by atoms with Crippen molar-refractivity contribution in [3.63, 3.8) is 0 Å². The van der Waals surface area contributed by atoms with Crippen LogP contribution in [0.1, 0.15) is 49.2 Å². The first-order valence-electron chi connectivity index (χ1n) is 12.9. The van der Waals surface area contributed by atoms with Crippen LogP contribution in [0.5, 0.6) is 11.5 Å². The number of nitrogens with one attached hydrogen (secondary N) is 1. The Kier molecular flexibility index (Phi) is 10.4. The number of hydrogen-bond donors (Lipinski definition) is 1. The van der Waals surface area contributed by atoms with Gasteiger partial charge in [0.05, 0.1) is 17.8 Å². The molecule has 0 aliphatic carbocycles. The summed E-state index contributed by atoms with van der Waals surface area (Å²) in [7, 11) is 0. The Morgan fingerprint density at radius 3 is 2.36 bits per heavy atom. The van der Waals surface area contributed by atoms with Gasteiger partial charge in [-0.3, -0.25) is 0 Å². The minimum absolute atomic E-state index is 0. The third-order valence-electron chi connectivity index (χ3n) is 6.24. The third-order valence-corrected chi connectivity index (χ3v) is 6.24.